The van der Waals surface area contributed by atoms with Gasteiger partial charge in [0, 0.05) is 28.4 Å². The van der Waals surface area contributed by atoms with Crippen molar-refractivity contribution in [3.8, 4) is 0 Å². The summed E-state index contributed by atoms with van der Waals surface area (Å²) in [5, 5.41) is 0. The SMILES string of the molecule is CCCCCCCCCCCCCCCCSCC(CCO[P+](=O)O[P+](=O)O)OC. The van der Waals surface area contributed by atoms with Gasteiger partial charge in [-0.05, 0) is 12.2 Å². The third kappa shape index (κ3) is 23.1. The summed E-state index contributed by atoms with van der Waals surface area (Å²) in [6.45, 7) is 2.45. The van der Waals surface area contributed by atoms with Crippen LogP contribution in [0.25, 0.3) is 0 Å². The number of hydrogen-bond acceptors (Lipinski definition) is 6. The third-order valence-electron chi connectivity index (χ3n) is 5.05. The molecule has 1 N–H and O–H groups in total. The Balaban J connectivity index is 3.33. The normalized spacial score (nSPS) is 13.4. The van der Waals surface area contributed by atoms with E-state index < -0.39 is 16.5 Å². The lowest BCUT2D eigenvalue weighted by Crippen LogP contribution is -2.16. The van der Waals surface area contributed by atoms with Gasteiger partial charge in [-0.2, -0.15) is 11.8 Å². The molecule has 0 saturated heterocycles. The summed E-state index contributed by atoms with van der Waals surface area (Å²) in [4.78, 5) is 8.48. The van der Waals surface area contributed by atoms with E-state index in [-0.39, 0.29) is 12.7 Å². The van der Waals surface area contributed by atoms with E-state index in [2.05, 4.69) is 11.2 Å². The average molecular weight is 487 g/mol. The highest BCUT2D eigenvalue weighted by molar-refractivity contribution is 7.99. The lowest BCUT2D eigenvalue weighted by molar-refractivity contribution is 0.0986. The quantitative estimate of drug-likeness (QED) is 0.109. The van der Waals surface area contributed by atoms with Crippen LogP contribution in [0.15, 0.2) is 0 Å². The van der Waals surface area contributed by atoms with Crippen LogP contribution in [-0.2, 0) is 22.7 Å². The van der Waals surface area contributed by atoms with Gasteiger partial charge in [0.2, 0.25) is 0 Å². The van der Waals surface area contributed by atoms with Crippen LogP contribution in [0.2, 0.25) is 0 Å². The first-order chi connectivity index (χ1) is 14.6. The molecule has 0 aromatic rings. The fraction of sp³-hybridized carbons (Fsp3) is 1.00. The molecular weight excluding hydrogens is 442 g/mol. The van der Waals surface area contributed by atoms with Crippen LogP contribution in [-0.4, -0.2) is 36.2 Å². The van der Waals surface area contributed by atoms with Gasteiger partial charge in [-0.25, -0.2) is 0 Å². The summed E-state index contributed by atoms with van der Waals surface area (Å²) in [6, 6.07) is 0. The molecule has 9 heteroatoms. The molecule has 0 aromatic heterocycles. The molecule has 30 heavy (non-hydrogen) atoms. The van der Waals surface area contributed by atoms with E-state index in [1.807, 2.05) is 11.8 Å². The minimum atomic E-state index is -2.90. The van der Waals surface area contributed by atoms with Crippen molar-refractivity contribution in [2.75, 3.05) is 25.2 Å². The van der Waals surface area contributed by atoms with Crippen LogP contribution >= 0.6 is 28.3 Å². The van der Waals surface area contributed by atoms with Crippen LogP contribution in [0, 0.1) is 0 Å². The molecule has 0 aromatic carbocycles. The molecule has 3 atom stereocenters. The van der Waals surface area contributed by atoms with E-state index in [9.17, 15) is 9.13 Å². The van der Waals surface area contributed by atoms with E-state index in [1.54, 1.807) is 7.11 Å². The molecule has 6 nitrogen and oxygen atoms in total. The molecule has 0 radical (unpaired) electrons. The molecule has 3 unspecified atom stereocenters. The first-order valence-corrected chi connectivity index (χ1v) is 15.0. The first kappa shape index (κ1) is 30.4. The predicted octanol–water partition coefficient (Wildman–Crippen LogP) is 7.95. The Morgan fingerprint density at radius 2 is 1.33 bits per heavy atom. The van der Waals surface area contributed by atoms with Gasteiger partial charge < -0.3 is 4.74 Å². The zero-order valence-corrected chi connectivity index (χ0v) is 21.7. The summed E-state index contributed by atoms with van der Waals surface area (Å²) in [5.41, 5.74) is 0. The highest BCUT2D eigenvalue weighted by Gasteiger charge is 2.36. The van der Waals surface area contributed by atoms with E-state index >= 15 is 0 Å². The van der Waals surface area contributed by atoms with Gasteiger partial charge in [0.15, 0.2) is 4.31 Å². The molecule has 178 valence electrons. The Hall–Kier alpha value is 0.390. The van der Waals surface area contributed by atoms with Gasteiger partial charge >= 0.3 is 16.5 Å². The maximum absolute atomic E-state index is 11.2. The molecule has 0 rings (SSSR count). The molecule has 0 bridgehead atoms. The average Bonchev–Trinajstić information content (AvgIpc) is 2.71. The van der Waals surface area contributed by atoms with E-state index in [1.165, 1.54) is 89.9 Å². The van der Waals surface area contributed by atoms with E-state index in [4.69, 9.17) is 14.2 Å². The minimum Gasteiger partial charge on any atom is -0.381 e. The van der Waals surface area contributed by atoms with Gasteiger partial charge in [0.05, 0.1) is 6.10 Å². The monoisotopic (exact) mass is 486 g/mol. The smallest absolute Gasteiger partial charge is 0.381 e. The summed E-state index contributed by atoms with van der Waals surface area (Å²) >= 11 is 1.87. The van der Waals surface area contributed by atoms with E-state index in [0.29, 0.717) is 6.42 Å². The summed E-state index contributed by atoms with van der Waals surface area (Å²) in [7, 11) is -3.78. The fourth-order valence-electron chi connectivity index (χ4n) is 3.22. The number of unbranched alkanes of at least 4 members (excludes halogenated alkanes) is 13. The number of ether oxygens (including phenoxy) is 1. The molecule has 0 aliphatic heterocycles. The second-order valence-electron chi connectivity index (χ2n) is 7.69. The van der Waals surface area contributed by atoms with Crippen LogP contribution < -0.4 is 0 Å². The Morgan fingerprint density at radius 3 is 1.80 bits per heavy atom. The van der Waals surface area contributed by atoms with E-state index in [0.717, 1.165) is 11.5 Å². The van der Waals surface area contributed by atoms with Crippen molar-refractivity contribution in [1.82, 2.24) is 0 Å². The van der Waals surface area contributed by atoms with Gasteiger partial charge in [0.1, 0.15) is 6.61 Å². The van der Waals surface area contributed by atoms with Gasteiger partial charge in [-0.15, -0.1) is 9.42 Å². The maximum atomic E-state index is 11.2. The number of hydrogen-bond donors (Lipinski definition) is 1. The zero-order valence-electron chi connectivity index (χ0n) is 19.1. The number of rotatable bonds is 24. The Bertz CT molecular complexity index is 415. The van der Waals surface area contributed by atoms with Gasteiger partial charge in [-0.1, -0.05) is 90.4 Å². The summed E-state index contributed by atoms with van der Waals surface area (Å²) in [5.74, 6) is 1.99. The Labute approximate surface area is 190 Å². The van der Waals surface area contributed by atoms with Crippen molar-refractivity contribution in [1.29, 1.82) is 0 Å². The maximum Gasteiger partial charge on any atom is 0.747 e. The van der Waals surface area contributed by atoms with Crippen molar-refractivity contribution in [2.45, 2.75) is 109 Å². The number of methoxy groups -OCH3 is 1. The highest BCUT2D eigenvalue weighted by atomic mass is 32.2. The minimum absolute atomic E-state index is 0.0212. The standard InChI is InChI=1S/C21H43O6P2S/c1-3-4-5-6-7-8-9-10-11-12-13-14-15-16-19-30-20-21(25-2)17-18-26-29(24)27-28(22)23/h21H,3-20H2,1-2H3/q+1/p+1. The van der Waals surface area contributed by atoms with Gasteiger partial charge in [0.25, 0.3) is 0 Å². The van der Waals surface area contributed by atoms with Crippen molar-refractivity contribution in [2.24, 2.45) is 0 Å². The molecule has 0 heterocycles. The van der Waals surface area contributed by atoms with Crippen LogP contribution in [0.5, 0.6) is 0 Å². The molecule has 0 fully saturated rings. The topological polar surface area (TPSA) is 82.1 Å². The molecule has 0 spiro atoms. The van der Waals surface area contributed by atoms with Crippen molar-refractivity contribution >= 4 is 28.3 Å². The van der Waals surface area contributed by atoms with Crippen LogP contribution in [0.4, 0.5) is 0 Å². The molecular formula is C21H44O6P2S+2. The van der Waals surface area contributed by atoms with Gasteiger partial charge in [-0.3, -0.25) is 0 Å². The summed E-state index contributed by atoms with van der Waals surface area (Å²) in [6.07, 6.45) is 19.8. The number of thioether (sulfide) groups is 1. The zero-order chi connectivity index (χ0) is 22.3. The predicted molar refractivity (Wildman–Crippen MR) is 128 cm³/mol. The van der Waals surface area contributed by atoms with Crippen molar-refractivity contribution in [3.63, 3.8) is 0 Å². The third-order valence-corrected chi connectivity index (χ3v) is 7.72. The van der Waals surface area contributed by atoms with Crippen molar-refractivity contribution < 1.29 is 27.6 Å². The fourth-order valence-corrected chi connectivity index (χ4v) is 5.26. The first-order valence-electron chi connectivity index (χ1n) is 11.6. The van der Waals surface area contributed by atoms with Crippen molar-refractivity contribution in [3.05, 3.63) is 0 Å². The molecule has 0 amide bonds. The highest BCUT2D eigenvalue weighted by Crippen LogP contribution is 2.36. The Morgan fingerprint density at radius 1 is 0.833 bits per heavy atom. The molecule has 0 saturated carbocycles. The lowest BCUT2D eigenvalue weighted by atomic mass is 10.0. The Kier molecular flexibility index (Phi) is 24.4. The summed E-state index contributed by atoms with van der Waals surface area (Å²) < 4.78 is 36.0. The second-order valence-corrected chi connectivity index (χ2v) is 10.7. The van der Waals surface area contributed by atoms with Crippen LogP contribution in [0.1, 0.15) is 103 Å². The second kappa shape index (κ2) is 24.0. The van der Waals surface area contributed by atoms with Crippen LogP contribution in [0.3, 0.4) is 0 Å². The lowest BCUT2D eigenvalue weighted by Gasteiger charge is -2.13. The molecule has 0 aliphatic carbocycles. The largest absolute Gasteiger partial charge is 0.747 e. The molecule has 0 aliphatic rings.